The van der Waals surface area contributed by atoms with Gasteiger partial charge in [-0.2, -0.15) is 0 Å². The van der Waals surface area contributed by atoms with Crippen molar-refractivity contribution in [3.63, 3.8) is 0 Å². The number of nitrogens with zero attached hydrogens (tertiary/aromatic N) is 4. The van der Waals surface area contributed by atoms with E-state index in [1.54, 1.807) is 0 Å². The van der Waals surface area contributed by atoms with E-state index in [2.05, 4.69) is 34.4 Å². The molecule has 1 aliphatic rings. The van der Waals surface area contributed by atoms with E-state index in [0.717, 1.165) is 44.9 Å². The molecular formula is C13H25N5O. The summed E-state index contributed by atoms with van der Waals surface area (Å²) in [5.74, 6) is 0. The lowest BCUT2D eigenvalue weighted by Gasteiger charge is -2.38. The van der Waals surface area contributed by atoms with Crippen molar-refractivity contribution in [1.82, 2.24) is 25.2 Å². The lowest BCUT2D eigenvalue weighted by Crippen LogP contribution is -2.49. The van der Waals surface area contributed by atoms with Crippen LogP contribution in [0, 0.1) is 0 Å². The van der Waals surface area contributed by atoms with Gasteiger partial charge in [-0.25, -0.2) is 0 Å². The molecule has 1 saturated heterocycles. The molecule has 1 aromatic rings. The predicted octanol–water partition coefficient (Wildman–Crippen LogP) is 0.497. The van der Waals surface area contributed by atoms with E-state index in [1.807, 2.05) is 17.9 Å². The maximum absolute atomic E-state index is 5.71. The summed E-state index contributed by atoms with van der Waals surface area (Å²) in [5, 5.41) is 11.4. The number of morpholine rings is 1. The molecule has 19 heavy (non-hydrogen) atoms. The monoisotopic (exact) mass is 267 g/mol. The maximum atomic E-state index is 5.71. The third-order valence-electron chi connectivity index (χ3n) is 3.61. The van der Waals surface area contributed by atoms with Crippen LogP contribution in [0.2, 0.25) is 0 Å². The molecule has 0 bridgehead atoms. The van der Waals surface area contributed by atoms with Crippen LogP contribution in [-0.4, -0.2) is 58.8 Å². The molecule has 2 rings (SSSR count). The minimum Gasteiger partial charge on any atom is -0.376 e. The van der Waals surface area contributed by atoms with Gasteiger partial charge in [-0.15, -0.1) is 5.10 Å². The van der Waals surface area contributed by atoms with Gasteiger partial charge in [0.25, 0.3) is 0 Å². The van der Waals surface area contributed by atoms with Crippen molar-refractivity contribution in [2.24, 2.45) is 0 Å². The van der Waals surface area contributed by atoms with Crippen molar-refractivity contribution in [1.29, 1.82) is 0 Å². The van der Waals surface area contributed by atoms with Crippen molar-refractivity contribution >= 4 is 0 Å². The van der Waals surface area contributed by atoms with E-state index in [-0.39, 0.29) is 0 Å². The molecule has 2 heterocycles. The van der Waals surface area contributed by atoms with Crippen LogP contribution in [0.25, 0.3) is 0 Å². The Labute approximate surface area is 115 Å². The third kappa shape index (κ3) is 3.99. The van der Waals surface area contributed by atoms with Gasteiger partial charge in [0.2, 0.25) is 0 Å². The molecular weight excluding hydrogens is 242 g/mol. The molecule has 6 nitrogen and oxygen atoms in total. The smallest absolute Gasteiger partial charge is 0.0964 e. The Morgan fingerprint density at radius 3 is 3.05 bits per heavy atom. The van der Waals surface area contributed by atoms with Gasteiger partial charge in [0.15, 0.2) is 0 Å². The van der Waals surface area contributed by atoms with Crippen LogP contribution in [-0.2, 0) is 17.8 Å². The van der Waals surface area contributed by atoms with E-state index in [1.165, 1.54) is 0 Å². The average molecular weight is 267 g/mol. The first kappa shape index (κ1) is 14.4. The number of hydrogen-bond donors (Lipinski definition) is 1. The minimum absolute atomic E-state index is 0.332. The molecule has 0 amide bonds. The van der Waals surface area contributed by atoms with E-state index in [4.69, 9.17) is 4.74 Å². The van der Waals surface area contributed by atoms with E-state index < -0.39 is 0 Å². The van der Waals surface area contributed by atoms with Crippen LogP contribution in [0.1, 0.15) is 26.0 Å². The predicted molar refractivity (Wildman–Crippen MR) is 73.9 cm³/mol. The first-order valence-corrected chi connectivity index (χ1v) is 7.12. The Bertz CT molecular complexity index is 381. The summed E-state index contributed by atoms with van der Waals surface area (Å²) in [4.78, 5) is 2.51. The maximum Gasteiger partial charge on any atom is 0.0964 e. The van der Waals surface area contributed by atoms with Crippen LogP contribution in [0.4, 0.5) is 0 Å². The summed E-state index contributed by atoms with van der Waals surface area (Å²) < 4.78 is 7.65. The number of ether oxygens (including phenoxy) is 1. The molecule has 0 radical (unpaired) electrons. The molecule has 1 aliphatic heterocycles. The zero-order chi connectivity index (χ0) is 13.7. The molecule has 1 aromatic heterocycles. The molecule has 1 fully saturated rings. The SMILES string of the molecule is CCC1COC(C)CN1CCn1cc(CNC)nn1. The summed E-state index contributed by atoms with van der Waals surface area (Å²) in [7, 11) is 1.92. The molecule has 0 aliphatic carbocycles. The fourth-order valence-electron chi connectivity index (χ4n) is 2.50. The number of rotatable bonds is 6. The van der Waals surface area contributed by atoms with E-state index in [9.17, 15) is 0 Å². The second-order valence-corrected chi connectivity index (χ2v) is 5.20. The van der Waals surface area contributed by atoms with Crippen LogP contribution in [0.15, 0.2) is 6.20 Å². The Morgan fingerprint density at radius 1 is 1.47 bits per heavy atom. The third-order valence-corrected chi connectivity index (χ3v) is 3.61. The van der Waals surface area contributed by atoms with Gasteiger partial charge in [0, 0.05) is 31.9 Å². The zero-order valence-electron chi connectivity index (χ0n) is 12.2. The Hall–Kier alpha value is -0.980. The average Bonchev–Trinajstić information content (AvgIpc) is 2.85. The lowest BCUT2D eigenvalue weighted by molar-refractivity contribution is -0.0569. The Kier molecular flexibility index (Phi) is 5.30. The Balaban J connectivity index is 1.85. The summed E-state index contributed by atoms with van der Waals surface area (Å²) in [6, 6.07) is 0.538. The van der Waals surface area contributed by atoms with Gasteiger partial charge >= 0.3 is 0 Å². The van der Waals surface area contributed by atoms with Gasteiger partial charge in [0.05, 0.1) is 24.9 Å². The highest BCUT2D eigenvalue weighted by Crippen LogP contribution is 2.14. The second kappa shape index (κ2) is 6.98. The zero-order valence-corrected chi connectivity index (χ0v) is 12.2. The van der Waals surface area contributed by atoms with E-state index >= 15 is 0 Å². The van der Waals surface area contributed by atoms with E-state index in [0.29, 0.717) is 12.1 Å². The molecule has 2 unspecified atom stereocenters. The summed E-state index contributed by atoms with van der Waals surface area (Å²) in [5.41, 5.74) is 0.991. The van der Waals surface area contributed by atoms with Crippen molar-refractivity contribution in [3.05, 3.63) is 11.9 Å². The summed E-state index contributed by atoms with van der Waals surface area (Å²) >= 11 is 0. The van der Waals surface area contributed by atoms with Gasteiger partial charge in [-0.3, -0.25) is 9.58 Å². The number of nitrogens with one attached hydrogen (secondary N) is 1. The molecule has 0 saturated carbocycles. The van der Waals surface area contributed by atoms with Gasteiger partial charge in [-0.05, 0) is 20.4 Å². The lowest BCUT2D eigenvalue weighted by atomic mass is 10.1. The van der Waals surface area contributed by atoms with Crippen LogP contribution in [0.3, 0.4) is 0 Å². The summed E-state index contributed by atoms with van der Waals surface area (Å²) in [6.45, 7) is 8.88. The van der Waals surface area contributed by atoms with Crippen molar-refractivity contribution in [2.45, 2.75) is 45.5 Å². The summed E-state index contributed by atoms with van der Waals surface area (Å²) in [6.07, 6.45) is 3.48. The number of aromatic nitrogens is 3. The van der Waals surface area contributed by atoms with Crippen LogP contribution in [0.5, 0.6) is 0 Å². The number of hydrogen-bond acceptors (Lipinski definition) is 5. The quantitative estimate of drug-likeness (QED) is 0.813. The van der Waals surface area contributed by atoms with Crippen molar-refractivity contribution in [3.8, 4) is 0 Å². The molecule has 6 heteroatoms. The molecule has 0 spiro atoms. The van der Waals surface area contributed by atoms with Crippen LogP contribution < -0.4 is 5.32 Å². The fourth-order valence-corrected chi connectivity index (χ4v) is 2.50. The second-order valence-electron chi connectivity index (χ2n) is 5.20. The molecule has 2 atom stereocenters. The normalized spacial score (nSPS) is 24.8. The van der Waals surface area contributed by atoms with Gasteiger partial charge < -0.3 is 10.1 Å². The topological polar surface area (TPSA) is 55.2 Å². The highest BCUT2D eigenvalue weighted by Gasteiger charge is 2.25. The molecule has 0 aromatic carbocycles. The molecule has 1 N–H and O–H groups in total. The van der Waals surface area contributed by atoms with Gasteiger partial charge in [0.1, 0.15) is 0 Å². The van der Waals surface area contributed by atoms with Crippen molar-refractivity contribution in [2.75, 3.05) is 26.7 Å². The molecule has 108 valence electrons. The largest absolute Gasteiger partial charge is 0.376 e. The fraction of sp³-hybridized carbons (Fsp3) is 0.846. The first-order valence-electron chi connectivity index (χ1n) is 7.12. The van der Waals surface area contributed by atoms with Crippen molar-refractivity contribution < 1.29 is 4.74 Å². The minimum atomic E-state index is 0.332. The Morgan fingerprint density at radius 2 is 2.32 bits per heavy atom. The van der Waals surface area contributed by atoms with Gasteiger partial charge in [-0.1, -0.05) is 12.1 Å². The first-order chi connectivity index (χ1) is 9.22. The highest BCUT2D eigenvalue weighted by atomic mass is 16.5. The highest BCUT2D eigenvalue weighted by molar-refractivity contribution is 4.91. The standard InChI is InChI=1S/C13H25N5O/c1-4-13-10-19-11(2)8-17(13)5-6-18-9-12(7-14-3)15-16-18/h9,11,13-14H,4-8,10H2,1-3H3. The van der Waals surface area contributed by atoms with Crippen LogP contribution >= 0.6 is 0 Å².